The smallest absolute Gasteiger partial charge is 0.169 e. The molecule has 0 amide bonds. The predicted octanol–water partition coefficient (Wildman–Crippen LogP) is 3.51. The van der Waals surface area contributed by atoms with E-state index in [1.54, 1.807) is 11.3 Å². The molecule has 0 bridgehead atoms. The van der Waals surface area contributed by atoms with E-state index < -0.39 is 0 Å². The van der Waals surface area contributed by atoms with Gasteiger partial charge in [-0.2, -0.15) is 0 Å². The summed E-state index contributed by atoms with van der Waals surface area (Å²) in [4.78, 5) is 10.5. The van der Waals surface area contributed by atoms with Crippen molar-refractivity contribution in [2.75, 3.05) is 6.54 Å². The Bertz CT molecular complexity index is 550. The van der Waals surface area contributed by atoms with Crippen molar-refractivity contribution in [3.8, 4) is 10.7 Å². The molecule has 0 aliphatic heterocycles. The molecule has 3 nitrogen and oxygen atoms in total. The number of aryl methyl sites for hydroxylation is 2. The summed E-state index contributed by atoms with van der Waals surface area (Å²) in [6, 6.07) is 4.93. The largest absolute Gasteiger partial charge is 0.314 e. The lowest BCUT2D eigenvalue weighted by atomic mass is 10.1. The van der Waals surface area contributed by atoms with Gasteiger partial charge in [-0.15, -0.1) is 11.3 Å². The quantitative estimate of drug-likeness (QED) is 0.826. The zero-order valence-electron chi connectivity index (χ0n) is 12.1. The van der Waals surface area contributed by atoms with Gasteiger partial charge in [0.2, 0.25) is 0 Å². The number of rotatable bonds is 6. The Kier molecular flexibility index (Phi) is 4.13. The normalized spacial score (nSPS) is 14.7. The fourth-order valence-corrected chi connectivity index (χ4v) is 3.13. The Labute approximate surface area is 124 Å². The van der Waals surface area contributed by atoms with Gasteiger partial charge in [0, 0.05) is 17.4 Å². The van der Waals surface area contributed by atoms with E-state index in [9.17, 15) is 0 Å². The van der Waals surface area contributed by atoms with Gasteiger partial charge in [-0.1, -0.05) is 6.07 Å². The van der Waals surface area contributed by atoms with Crippen LogP contribution in [0, 0.1) is 13.8 Å². The van der Waals surface area contributed by atoms with Gasteiger partial charge < -0.3 is 5.32 Å². The first-order valence-electron chi connectivity index (χ1n) is 7.35. The van der Waals surface area contributed by atoms with Crippen LogP contribution in [-0.4, -0.2) is 22.6 Å². The van der Waals surface area contributed by atoms with E-state index in [0.717, 1.165) is 41.1 Å². The van der Waals surface area contributed by atoms with Crippen LogP contribution in [0.2, 0.25) is 0 Å². The molecular weight excluding hydrogens is 266 g/mol. The minimum Gasteiger partial charge on any atom is -0.314 e. The molecule has 1 aliphatic carbocycles. The Morgan fingerprint density at radius 3 is 2.60 bits per heavy atom. The Balaban J connectivity index is 1.67. The molecular formula is C16H21N3S. The molecule has 1 saturated carbocycles. The average molecular weight is 287 g/mol. The first-order chi connectivity index (χ1) is 9.74. The van der Waals surface area contributed by atoms with Crippen LogP contribution in [0.5, 0.6) is 0 Å². The summed E-state index contributed by atoms with van der Waals surface area (Å²) in [7, 11) is 0. The van der Waals surface area contributed by atoms with Crippen LogP contribution in [0.4, 0.5) is 0 Å². The van der Waals surface area contributed by atoms with Crippen molar-refractivity contribution < 1.29 is 0 Å². The minimum absolute atomic E-state index is 0.801. The fourth-order valence-electron chi connectivity index (χ4n) is 2.48. The summed E-state index contributed by atoms with van der Waals surface area (Å²) in [5.74, 6) is 0.870. The molecule has 1 aliphatic rings. The third-order valence-electron chi connectivity index (χ3n) is 3.78. The highest BCUT2D eigenvalue weighted by atomic mass is 32.1. The van der Waals surface area contributed by atoms with E-state index in [0.29, 0.717) is 0 Å². The lowest BCUT2D eigenvalue weighted by Crippen LogP contribution is -2.18. The summed E-state index contributed by atoms with van der Waals surface area (Å²) in [6.07, 6.45) is 4.95. The lowest BCUT2D eigenvalue weighted by molar-refractivity contribution is 0.642. The zero-order chi connectivity index (χ0) is 13.9. The van der Waals surface area contributed by atoms with Crippen LogP contribution in [0.15, 0.2) is 17.5 Å². The molecule has 2 aromatic heterocycles. The molecule has 4 heteroatoms. The van der Waals surface area contributed by atoms with Gasteiger partial charge in [-0.3, -0.25) is 0 Å². The molecule has 3 rings (SSSR count). The molecule has 1 fully saturated rings. The van der Waals surface area contributed by atoms with Crippen molar-refractivity contribution in [1.82, 2.24) is 15.3 Å². The topological polar surface area (TPSA) is 37.8 Å². The summed E-state index contributed by atoms with van der Waals surface area (Å²) in [5, 5.41) is 5.63. The molecule has 2 heterocycles. The molecule has 20 heavy (non-hydrogen) atoms. The third kappa shape index (κ3) is 3.25. The first-order valence-corrected chi connectivity index (χ1v) is 8.23. The highest BCUT2D eigenvalue weighted by Gasteiger charge is 2.19. The van der Waals surface area contributed by atoms with Gasteiger partial charge in [0.1, 0.15) is 0 Å². The molecule has 0 spiro atoms. The van der Waals surface area contributed by atoms with E-state index >= 15 is 0 Å². The maximum atomic E-state index is 4.68. The second-order valence-corrected chi connectivity index (χ2v) is 6.45. The van der Waals surface area contributed by atoms with Crippen LogP contribution in [-0.2, 0) is 6.42 Å². The van der Waals surface area contributed by atoms with Crippen LogP contribution in [0.1, 0.15) is 36.2 Å². The van der Waals surface area contributed by atoms with Crippen LogP contribution in [0.25, 0.3) is 10.7 Å². The third-order valence-corrected chi connectivity index (χ3v) is 4.64. The number of hydrogen-bond acceptors (Lipinski definition) is 4. The van der Waals surface area contributed by atoms with Gasteiger partial charge in [-0.05, 0) is 63.1 Å². The zero-order valence-corrected chi connectivity index (χ0v) is 13.0. The minimum atomic E-state index is 0.801. The van der Waals surface area contributed by atoms with Gasteiger partial charge in [-0.25, -0.2) is 9.97 Å². The van der Waals surface area contributed by atoms with Crippen molar-refractivity contribution in [3.63, 3.8) is 0 Å². The second-order valence-electron chi connectivity index (χ2n) is 5.51. The summed E-state index contributed by atoms with van der Waals surface area (Å²) >= 11 is 1.70. The molecule has 0 saturated heterocycles. The van der Waals surface area contributed by atoms with Crippen molar-refractivity contribution in [3.05, 3.63) is 34.5 Å². The number of aromatic nitrogens is 2. The monoisotopic (exact) mass is 287 g/mol. The van der Waals surface area contributed by atoms with E-state index in [-0.39, 0.29) is 0 Å². The molecule has 106 valence electrons. The number of nitrogens with zero attached hydrogens (tertiary/aromatic N) is 2. The van der Waals surface area contributed by atoms with Gasteiger partial charge >= 0.3 is 0 Å². The SMILES string of the molecule is Cc1nc(-c2cccs2)nc(C)c1CCCNC1CC1. The maximum Gasteiger partial charge on any atom is 0.169 e. The van der Waals surface area contributed by atoms with E-state index in [1.807, 2.05) is 6.07 Å². The number of nitrogens with one attached hydrogen (secondary N) is 1. The van der Waals surface area contributed by atoms with Crippen LogP contribution in [0.3, 0.4) is 0 Å². The van der Waals surface area contributed by atoms with Gasteiger partial charge in [0.05, 0.1) is 4.88 Å². The van der Waals surface area contributed by atoms with Crippen LogP contribution >= 0.6 is 11.3 Å². The van der Waals surface area contributed by atoms with Gasteiger partial charge in [0.25, 0.3) is 0 Å². The van der Waals surface area contributed by atoms with E-state index in [4.69, 9.17) is 0 Å². The highest BCUT2D eigenvalue weighted by molar-refractivity contribution is 7.13. The van der Waals surface area contributed by atoms with Crippen molar-refractivity contribution >= 4 is 11.3 Å². The Hall–Kier alpha value is -1.26. The number of hydrogen-bond donors (Lipinski definition) is 1. The maximum absolute atomic E-state index is 4.68. The summed E-state index contributed by atoms with van der Waals surface area (Å²) in [6.45, 7) is 5.32. The van der Waals surface area contributed by atoms with Crippen molar-refractivity contribution in [1.29, 1.82) is 0 Å². The molecule has 2 aromatic rings. The second kappa shape index (κ2) is 6.02. The Morgan fingerprint density at radius 1 is 1.25 bits per heavy atom. The summed E-state index contributed by atoms with van der Waals surface area (Å²) in [5.41, 5.74) is 3.59. The van der Waals surface area contributed by atoms with Crippen molar-refractivity contribution in [2.24, 2.45) is 0 Å². The standard InChI is InChI=1S/C16H21N3S/c1-11-14(5-3-9-17-13-7-8-13)12(2)19-16(18-11)15-6-4-10-20-15/h4,6,10,13,17H,3,5,7-9H2,1-2H3. The fraction of sp³-hybridized carbons (Fsp3) is 0.500. The van der Waals surface area contributed by atoms with E-state index in [1.165, 1.54) is 24.8 Å². The van der Waals surface area contributed by atoms with Crippen LogP contribution < -0.4 is 5.32 Å². The highest BCUT2D eigenvalue weighted by Crippen LogP contribution is 2.24. The molecule has 1 N–H and O–H groups in total. The average Bonchev–Trinajstić information content (AvgIpc) is 3.08. The molecule has 0 atom stereocenters. The summed E-state index contributed by atoms with van der Waals surface area (Å²) < 4.78 is 0. The van der Waals surface area contributed by atoms with E-state index in [2.05, 4.69) is 40.6 Å². The first kappa shape index (κ1) is 13.7. The lowest BCUT2D eigenvalue weighted by Gasteiger charge is -2.10. The van der Waals surface area contributed by atoms with Gasteiger partial charge in [0.15, 0.2) is 5.82 Å². The predicted molar refractivity (Wildman–Crippen MR) is 84.2 cm³/mol. The number of thiophene rings is 1. The van der Waals surface area contributed by atoms with Crippen molar-refractivity contribution in [2.45, 2.75) is 45.6 Å². The Morgan fingerprint density at radius 2 is 2.00 bits per heavy atom. The molecule has 0 aromatic carbocycles. The molecule has 0 radical (unpaired) electrons. The molecule has 0 unspecified atom stereocenters.